The molecule has 2 aliphatic rings. The Morgan fingerprint density at radius 2 is 1.83 bits per heavy atom. The number of aldehydes is 1. The summed E-state index contributed by atoms with van der Waals surface area (Å²) in [5, 5.41) is 18.8. The van der Waals surface area contributed by atoms with Gasteiger partial charge in [-0.1, -0.05) is 49.0 Å². The molecular formula is C31H45N5O5S. The topological polar surface area (TPSA) is 158 Å². The maximum absolute atomic E-state index is 12.5. The van der Waals surface area contributed by atoms with Gasteiger partial charge in [-0.3, -0.25) is 14.9 Å². The van der Waals surface area contributed by atoms with Crippen molar-refractivity contribution in [2.75, 3.05) is 31.5 Å². The van der Waals surface area contributed by atoms with Gasteiger partial charge in [0.15, 0.2) is 0 Å². The Labute approximate surface area is 253 Å². The normalized spacial score (nSPS) is 18.6. The van der Waals surface area contributed by atoms with Crippen LogP contribution in [0.15, 0.2) is 67.0 Å². The van der Waals surface area contributed by atoms with E-state index in [0.29, 0.717) is 42.9 Å². The van der Waals surface area contributed by atoms with E-state index in [1.54, 1.807) is 23.9 Å². The molecule has 2 amide bonds. The molecule has 0 aliphatic carbocycles. The molecule has 3 unspecified atom stereocenters. The number of thioether (sulfide) groups is 1. The number of amides is 2. The van der Waals surface area contributed by atoms with E-state index >= 15 is 0 Å². The van der Waals surface area contributed by atoms with Gasteiger partial charge >= 0.3 is 0 Å². The number of rotatable bonds is 13. The minimum Gasteiger partial charge on any atom is -0.400 e. The lowest BCUT2D eigenvalue weighted by Gasteiger charge is -2.25. The van der Waals surface area contributed by atoms with Gasteiger partial charge in [0.2, 0.25) is 11.8 Å². The number of anilines is 1. The number of unbranched alkanes of at least 4 members (excludes halogenated alkanes) is 1. The number of aliphatic hydroxyl groups is 1. The number of ether oxygens (including phenoxy) is 1. The van der Waals surface area contributed by atoms with Crippen molar-refractivity contribution < 1.29 is 24.2 Å². The number of benzene rings is 2. The number of carbonyl (C=O) groups excluding carboxylic acids is 3. The first-order valence-corrected chi connectivity index (χ1v) is 15.0. The molecule has 2 saturated heterocycles. The first-order chi connectivity index (χ1) is 20.2. The molecule has 11 heteroatoms. The van der Waals surface area contributed by atoms with Gasteiger partial charge in [0, 0.05) is 36.4 Å². The van der Waals surface area contributed by atoms with Crippen molar-refractivity contribution >= 4 is 35.5 Å². The molecule has 0 saturated carbocycles. The summed E-state index contributed by atoms with van der Waals surface area (Å²) in [7, 11) is 1.00. The Balaban J connectivity index is 0.000000464. The van der Waals surface area contributed by atoms with Gasteiger partial charge in [0.25, 0.3) is 0 Å². The summed E-state index contributed by atoms with van der Waals surface area (Å²) in [4.78, 5) is 36.1. The molecule has 4 rings (SSSR count). The second-order valence-corrected chi connectivity index (χ2v) is 12.0. The third-order valence-electron chi connectivity index (χ3n) is 6.56. The van der Waals surface area contributed by atoms with Gasteiger partial charge in [0.05, 0.1) is 18.5 Å². The molecule has 42 heavy (non-hydrogen) atoms. The number of hydrogen-bond acceptors (Lipinski definition) is 9. The molecule has 10 nitrogen and oxygen atoms in total. The lowest BCUT2D eigenvalue weighted by Crippen LogP contribution is -2.53. The standard InChI is InChI=1S/C22H33N5O3S.C8H8O.CH4O/c1-15(23)24-11-5-4-6-19(29)26-17-9-7-16(8-10-17)12-18(13-28)27-21(30)20-22(2,3)31-14-25-20;1-2-4-7(5-3-1)8-6-9-8;1-2/h7-10,13,18,20,24-25H,1,4-6,11-12,14,23H2,2-3H3,(H,26,29)(H,27,30);1-5,8H,6H2;2H,1H3. The summed E-state index contributed by atoms with van der Waals surface area (Å²) >= 11 is 1.68. The van der Waals surface area contributed by atoms with Crippen LogP contribution in [0.25, 0.3) is 0 Å². The number of nitrogens with two attached hydrogens (primary N) is 1. The molecule has 2 aromatic rings. The number of carbonyl (C=O) groups is 3. The second-order valence-electron chi connectivity index (χ2n) is 10.4. The van der Waals surface area contributed by atoms with E-state index in [4.69, 9.17) is 15.6 Å². The van der Waals surface area contributed by atoms with Crippen molar-refractivity contribution in [3.05, 3.63) is 78.1 Å². The van der Waals surface area contributed by atoms with Crippen LogP contribution < -0.4 is 27.0 Å². The number of hydrogen-bond donors (Lipinski definition) is 6. The molecule has 0 spiro atoms. The summed E-state index contributed by atoms with van der Waals surface area (Å²) in [6, 6.07) is 16.7. The van der Waals surface area contributed by atoms with Crippen LogP contribution in [0.1, 0.15) is 50.3 Å². The quantitative estimate of drug-likeness (QED) is 0.116. The zero-order valence-electron chi connectivity index (χ0n) is 24.7. The number of aliphatic hydroxyl groups excluding tert-OH is 1. The fourth-order valence-electron chi connectivity index (χ4n) is 4.22. The van der Waals surface area contributed by atoms with Crippen molar-refractivity contribution in [1.82, 2.24) is 16.0 Å². The highest BCUT2D eigenvalue weighted by molar-refractivity contribution is 8.00. The first kappa shape index (κ1) is 34.8. The maximum Gasteiger partial charge on any atom is 0.239 e. The van der Waals surface area contributed by atoms with E-state index in [1.165, 1.54) is 5.56 Å². The summed E-state index contributed by atoms with van der Waals surface area (Å²) < 4.78 is 4.88. The number of nitrogens with one attached hydrogen (secondary N) is 4. The molecule has 0 bridgehead atoms. The molecule has 2 heterocycles. The van der Waals surface area contributed by atoms with Gasteiger partial charge in [-0.25, -0.2) is 0 Å². The predicted octanol–water partition coefficient (Wildman–Crippen LogP) is 2.85. The Morgan fingerprint density at radius 3 is 2.38 bits per heavy atom. The van der Waals surface area contributed by atoms with Crippen molar-refractivity contribution in [2.45, 2.75) is 62.5 Å². The molecule has 2 aromatic carbocycles. The van der Waals surface area contributed by atoms with E-state index < -0.39 is 6.04 Å². The minimum atomic E-state index is -0.602. The predicted molar refractivity (Wildman–Crippen MR) is 169 cm³/mol. The zero-order valence-corrected chi connectivity index (χ0v) is 25.5. The van der Waals surface area contributed by atoms with Crippen LogP contribution >= 0.6 is 11.8 Å². The molecule has 7 N–H and O–H groups in total. The Morgan fingerprint density at radius 1 is 1.17 bits per heavy atom. The van der Waals surface area contributed by atoms with E-state index in [0.717, 1.165) is 38.4 Å². The highest BCUT2D eigenvalue weighted by atomic mass is 32.2. The molecular weight excluding hydrogens is 554 g/mol. The fraction of sp³-hybridized carbons (Fsp3) is 0.452. The molecule has 2 aliphatic heterocycles. The monoisotopic (exact) mass is 599 g/mol. The highest BCUT2D eigenvalue weighted by Gasteiger charge is 2.40. The van der Waals surface area contributed by atoms with Crippen LogP contribution in [0.4, 0.5) is 5.69 Å². The summed E-state index contributed by atoms with van der Waals surface area (Å²) in [5.74, 6) is 0.924. The van der Waals surface area contributed by atoms with Crippen LogP contribution in [0.2, 0.25) is 0 Å². The van der Waals surface area contributed by atoms with Gasteiger partial charge in [-0.2, -0.15) is 0 Å². The van der Waals surface area contributed by atoms with E-state index in [1.807, 2.05) is 44.2 Å². The zero-order chi connectivity index (χ0) is 31.0. The molecule has 230 valence electrons. The Kier molecular flexibility index (Phi) is 15.1. The SMILES string of the molecule is C=C(N)NCCCCC(=O)Nc1ccc(CC(C=O)NC(=O)C2NCSC2(C)C)cc1.CO.c1ccc(C2CO2)cc1. The highest BCUT2D eigenvalue weighted by Crippen LogP contribution is 2.33. The molecule has 3 atom stereocenters. The number of epoxide rings is 1. The van der Waals surface area contributed by atoms with Gasteiger partial charge in [-0.15, -0.1) is 11.8 Å². The largest absolute Gasteiger partial charge is 0.400 e. The summed E-state index contributed by atoms with van der Waals surface area (Å²) in [5.41, 5.74) is 8.32. The summed E-state index contributed by atoms with van der Waals surface area (Å²) in [6.07, 6.45) is 3.56. The minimum absolute atomic E-state index is 0.0538. The first-order valence-electron chi connectivity index (χ1n) is 14.0. The van der Waals surface area contributed by atoms with Gasteiger partial charge in [0.1, 0.15) is 18.4 Å². The van der Waals surface area contributed by atoms with Crippen LogP contribution in [-0.2, 0) is 25.5 Å². The maximum atomic E-state index is 12.5. The smallest absolute Gasteiger partial charge is 0.239 e. The third kappa shape index (κ3) is 12.6. The molecule has 0 aromatic heterocycles. The molecule has 0 radical (unpaired) electrons. The van der Waals surface area contributed by atoms with Crippen LogP contribution in [-0.4, -0.2) is 66.2 Å². The lowest BCUT2D eigenvalue weighted by molar-refractivity contribution is -0.126. The van der Waals surface area contributed by atoms with Gasteiger partial charge < -0.3 is 36.3 Å². The summed E-state index contributed by atoms with van der Waals surface area (Å²) in [6.45, 7) is 9.18. The Hall–Kier alpha value is -3.38. The van der Waals surface area contributed by atoms with Crippen LogP contribution in [0.3, 0.4) is 0 Å². The van der Waals surface area contributed by atoms with Crippen molar-refractivity contribution in [3.63, 3.8) is 0 Å². The Bertz CT molecular complexity index is 1130. The van der Waals surface area contributed by atoms with Crippen molar-refractivity contribution in [2.24, 2.45) is 5.73 Å². The van der Waals surface area contributed by atoms with Crippen molar-refractivity contribution in [3.8, 4) is 0 Å². The van der Waals surface area contributed by atoms with E-state index in [9.17, 15) is 14.4 Å². The van der Waals surface area contributed by atoms with Gasteiger partial charge in [-0.05, 0) is 56.4 Å². The fourth-order valence-corrected chi connectivity index (χ4v) is 5.20. The van der Waals surface area contributed by atoms with E-state index in [-0.39, 0.29) is 22.6 Å². The van der Waals surface area contributed by atoms with Crippen molar-refractivity contribution in [1.29, 1.82) is 0 Å². The molecule has 2 fully saturated rings. The lowest BCUT2D eigenvalue weighted by atomic mass is 10.0. The van der Waals surface area contributed by atoms with Crippen LogP contribution in [0.5, 0.6) is 0 Å². The van der Waals surface area contributed by atoms with Crippen LogP contribution in [0, 0.1) is 0 Å². The average Bonchev–Trinajstić information content (AvgIpc) is 3.77. The second kappa shape index (κ2) is 18.2. The third-order valence-corrected chi connectivity index (χ3v) is 7.85. The van der Waals surface area contributed by atoms with E-state index in [2.05, 4.69) is 40.0 Å². The average molecular weight is 600 g/mol.